The van der Waals surface area contributed by atoms with E-state index >= 15 is 0 Å². The summed E-state index contributed by atoms with van der Waals surface area (Å²) in [5.74, 6) is 1.19. The maximum atomic E-state index is 12.7. The zero-order valence-electron chi connectivity index (χ0n) is 17.7. The van der Waals surface area contributed by atoms with Gasteiger partial charge in [-0.3, -0.25) is 14.2 Å². The molecular formula is C22H29N5O3S. The largest absolute Gasteiger partial charge is 0.352 e. The minimum Gasteiger partial charge on any atom is -0.352 e. The van der Waals surface area contributed by atoms with E-state index in [1.807, 2.05) is 23.1 Å². The first kappa shape index (κ1) is 21.7. The van der Waals surface area contributed by atoms with Crippen molar-refractivity contribution in [2.45, 2.75) is 56.5 Å². The lowest BCUT2D eigenvalue weighted by molar-refractivity contribution is -0.127. The Kier molecular flexibility index (Phi) is 7.11. The number of aryl methyl sites for hydroxylation is 2. The standard InChI is InChI=1S/C22H29N5O3S/c28-20(25-12-5-6-13-25)16-31-18-9-2-1-8-17(18)21(29)23-11-7-15-27-22(30)26-14-4-3-10-19(26)24-27/h1-2,8-9H,3-7,10-16H2,(H,23,29). The number of hydrogen-bond acceptors (Lipinski definition) is 5. The van der Waals surface area contributed by atoms with E-state index in [-0.39, 0.29) is 17.5 Å². The van der Waals surface area contributed by atoms with Gasteiger partial charge in [0.05, 0.1) is 11.3 Å². The summed E-state index contributed by atoms with van der Waals surface area (Å²) in [7, 11) is 0. The topological polar surface area (TPSA) is 89.2 Å². The van der Waals surface area contributed by atoms with Crippen molar-refractivity contribution in [2.24, 2.45) is 0 Å². The Morgan fingerprint density at radius 3 is 2.65 bits per heavy atom. The molecule has 1 aromatic heterocycles. The van der Waals surface area contributed by atoms with E-state index in [9.17, 15) is 14.4 Å². The molecule has 2 aromatic rings. The molecule has 0 bridgehead atoms. The number of fused-ring (bicyclic) bond motifs is 1. The first-order valence-electron chi connectivity index (χ1n) is 11.1. The Labute approximate surface area is 186 Å². The van der Waals surface area contributed by atoms with Crippen molar-refractivity contribution in [3.63, 3.8) is 0 Å². The molecule has 1 fully saturated rings. The summed E-state index contributed by atoms with van der Waals surface area (Å²) in [5.41, 5.74) is 0.529. The zero-order valence-corrected chi connectivity index (χ0v) is 18.5. The average molecular weight is 444 g/mol. The Hall–Kier alpha value is -2.55. The predicted molar refractivity (Wildman–Crippen MR) is 119 cm³/mol. The van der Waals surface area contributed by atoms with Crippen LogP contribution >= 0.6 is 11.8 Å². The van der Waals surface area contributed by atoms with Crippen LogP contribution in [-0.2, 0) is 24.3 Å². The molecule has 0 aliphatic carbocycles. The van der Waals surface area contributed by atoms with Gasteiger partial charge in [-0.2, -0.15) is 5.10 Å². The molecule has 2 aliphatic rings. The zero-order chi connectivity index (χ0) is 21.6. The maximum absolute atomic E-state index is 12.7. The fourth-order valence-electron chi connectivity index (χ4n) is 4.10. The normalized spacial score (nSPS) is 15.7. The van der Waals surface area contributed by atoms with Gasteiger partial charge >= 0.3 is 5.69 Å². The summed E-state index contributed by atoms with van der Waals surface area (Å²) in [6, 6.07) is 7.38. The van der Waals surface area contributed by atoms with E-state index in [0.29, 0.717) is 30.8 Å². The number of likely N-dealkylation sites (tertiary alicyclic amines) is 1. The van der Waals surface area contributed by atoms with Gasteiger partial charge in [-0.1, -0.05) is 12.1 Å². The minimum absolute atomic E-state index is 0.0505. The Morgan fingerprint density at radius 1 is 1.06 bits per heavy atom. The second-order valence-corrected chi connectivity index (χ2v) is 9.03. The van der Waals surface area contributed by atoms with Gasteiger partial charge in [0.25, 0.3) is 5.91 Å². The molecule has 8 nitrogen and oxygen atoms in total. The summed E-state index contributed by atoms with van der Waals surface area (Å²) < 4.78 is 3.28. The van der Waals surface area contributed by atoms with Crippen molar-refractivity contribution in [1.82, 2.24) is 24.6 Å². The summed E-state index contributed by atoms with van der Waals surface area (Å²) in [5, 5.41) is 7.36. The van der Waals surface area contributed by atoms with E-state index in [4.69, 9.17) is 0 Å². The lowest BCUT2D eigenvalue weighted by Crippen LogP contribution is -2.30. The summed E-state index contributed by atoms with van der Waals surface area (Å²) >= 11 is 1.41. The highest BCUT2D eigenvalue weighted by molar-refractivity contribution is 8.00. The van der Waals surface area contributed by atoms with Crippen LogP contribution in [0.1, 0.15) is 48.3 Å². The molecule has 1 saturated heterocycles. The molecule has 3 heterocycles. The smallest absolute Gasteiger partial charge is 0.345 e. The molecule has 0 radical (unpaired) electrons. The lowest BCUT2D eigenvalue weighted by Gasteiger charge is -2.15. The van der Waals surface area contributed by atoms with Gasteiger partial charge < -0.3 is 10.2 Å². The van der Waals surface area contributed by atoms with Crippen molar-refractivity contribution in [3.8, 4) is 0 Å². The van der Waals surface area contributed by atoms with Gasteiger partial charge in [0.15, 0.2) is 0 Å². The van der Waals surface area contributed by atoms with Gasteiger partial charge in [0.1, 0.15) is 5.82 Å². The second-order valence-electron chi connectivity index (χ2n) is 8.01. The van der Waals surface area contributed by atoms with E-state index in [0.717, 1.165) is 62.5 Å². The SMILES string of the molecule is O=C(NCCCn1nc2n(c1=O)CCCC2)c1ccccc1SCC(=O)N1CCCC1. The molecule has 0 atom stereocenters. The van der Waals surface area contributed by atoms with Gasteiger partial charge in [-0.05, 0) is 44.2 Å². The molecule has 9 heteroatoms. The van der Waals surface area contributed by atoms with Gasteiger partial charge in [-0.15, -0.1) is 11.8 Å². The highest BCUT2D eigenvalue weighted by atomic mass is 32.2. The van der Waals surface area contributed by atoms with Crippen molar-refractivity contribution < 1.29 is 9.59 Å². The number of nitrogens with one attached hydrogen (secondary N) is 1. The number of carbonyl (C=O) groups is 2. The van der Waals surface area contributed by atoms with Crippen LogP contribution in [-0.4, -0.2) is 56.4 Å². The Morgan fingerprint density at radius 2 is 1.84 bits per heavy atom. The van der Waals surface area contributed by atoms with Gasteiger partial charge in [-0.25, -0.2) is 9.48 Å². The van der Waals surface area contributed by atoms with Crippen molar-refractivity contribution in [3.05, 3.63) is 46.1 Å². The van der Waals surface area contributed by atoms with Crippen LogP contribution in [0.5, 0.6) is 0 Å². The van der Waals surface area contributed by atoms with Crippen molar-refractivity contribution >= 4 is 23.6 Å². The Bertz CT molecular complexity index is 993. The molecule has 166 valence electrons. The van der Waals surface area contributed by atoms with E-state index in [1.165, 1.54) is 16.4 Å². The molecule has 31 heavy (non-hydrogen) atoms. The number of rotatable bonds is 8. The second kappa shape index (κ2) is 10.2. The Balaban J connectivity index is 1.27. The number of amides is 2. The third-order valence-electron chi connectivity index (χ3n) is 5.81. The predicted octanol–water partition coefficient (Wildman–Crippen LogP) is 1.92. The minimum atomic E-state index is -0.159. The quantitative estimate of drug-likeness (QED) is 0.497. The monoisotopic (exact) mass is 443 g/mol. The summed E-state index contributed by atoms with van der Waals surface area (Å²) in [6.45, 7) is 3.37. The van der Waals surface area contributed by atoms with Crippen LogP contribution in [0.2, 0.25) is 0 Å². The van der Waals surface area contributed by atoms with Crippen LogP contribution in [0.25, 0.3) is 0 Å². The molecule has 0 spiro atoms. The van der Waals surface area contributed by atoms with Gasteiger partial charge in [0.2, 0.25) is 5.91 Å². The number of thioether (sulfide) groups is 1. The number of benzene rings is 1. The highest BCUT2D eigenvalue weighted by Gasteiger charge is 2.19. The molecule has 4 rings (SSSR count). The highest BCUT2D eigenvalue weighted by Crippen LogP contribution is 2.23. The molecule has 1 aromatic carbocycles. The summed E-state index contributed by atoms with van der Waals surface area (Å²) in [4.78, 5) is 40.1. The number of carbonyl (C=O) groups excluding carboxylic acids is 2. The van der Waals surface area contributed by atoms with Crippen LogP contribution in [0.15, 0.2) is 34.0 Å². The van der Waals surface area contributed by atoms with Crippen LogP contribution in [0, 0.1) is 0 Å². The third kappa shape index (κ3) is 5.20. The van der Waals surface area contributed by atoms with Crippen LogP contribution in [0.4, 0.5) is 0 Å². The molecule has 0 saturated carbocycles. The molecule has 1 N–H and O–H groups in total. The average Bonchev–Trinajstić information content (AvgIpc) is 3.44. The van der Waals surface area contributed by atoms with Crippen molar-refractivity contribution in [1.29, 1.82) is 0 Å². The molecular weight excluding hydrogens is 414 g/mol. The number of nitrogens with zero attached hydrogens (tertiary/aromatic N) is 4. The molecule has 0 unspecified atom stereocenters. The summed E-state index contributed by atoms with van der Waals surface area (Å²) in [6.07, 6.45) is 5.73. The van der Waals surface area contributed by atoms with Crippen LogP contribution in [0.3, 0.4) is 0 Å². The number of aromatic nitrogens is 3. The van der Waals surface area contributed by atoms with E-state index < -0.39 is 0 Å². The van der Waals surface area contributed by atoms with Gasteiger partial charge in [0, 0.05) is 44.0 Å². The first-order valence-corrected chi connectivity index (χ1v) is 12.1. The fraction of sp³-hybridized carbons (Fsp3) is 0.545. The van der Waals surface area contributed by atoms with E-state index in [1.54, 1.807) is 10.6 Å². The molecule has 2 amide bonds. The van der Waals surface area contributed by atoms with E-state index in [2.05, 4.69) is 10.4 Å². The maximum Gasteiger partial charge on any atom is 0.345 e. The third-order valence-corrected chi connectivity index (χ3v) is 6.86. The fourth-order valence-corrected chi connectivity index (χ4v) is 5.05. The first-order chi connectivity index (χ1) is 15.1. The van der Waals surface area contributed by atoms with Crippen molar-refractivity contribution in [2.75, 3.05) is 25.4 Å². The number of hydrogen-bond donors (Lipinski definition) is 1. The molecule has 2 aliphatic heterocycles. The van der Waals surface area contributed by atoms with Crippen LogP contribution < -0.4 is 11.0 Å². The lowest BCUT2D eigenvalue weighted by atomic mass is 10.2.